The van der Waals surface area contributed by atoms with E-state index >= 15 is 0 Å². The molecule has 0 bridgehead atoms. The maximum atomic E-state index is 13.0. The number of esters is 1. The van der Waals surface area contributed by atoms with E-state index in [9.17, 15) is 34.8 Å². The smallest absolute Gasteiger partial charge is 0.302 e. The van der Waals surface area contributed by atoms with Gasteiger partial charge in [-0.3, -0.25) is 14.4 Å². The number of carbonyl (C=O) groups is 3. The molecule has 2 aliphatic carbocycles. The summed E-state index contributed by atoms with van der Waals surface area (Å²) in [7, 11) is 0. The number of rotatable bonds is 2. The van der Waals surface area contributed by atoms with Gasteiger partial charge in [-0.2, -0.15) is 0 Å². The molecule has 0 amide bonds. The molecule has 4 rings (SSSR count). The van der Waals surface area contributed by atoms with Crippen LogP contribution in [-0.4, -0.2) is 50.2 Å². The molecule has 150 valence electrons. The standard InChI is InChI=1S/C21H18O8/c1-9(22)29-8-21(28)6-12-14(13(23)7-21)20(27)16-15(19(12)26)17(24)10-4-2-3-5-11(10)18(16)25/h2-5,13,23,26-28H,6-8H2,1H3. The van der Waals surface area contributed by atoms with Crippen molar-refractivity contribution in [2.75, 3.05) is 6.61 Å². The molecule has 2 unspecified atom stereocenters. The highest BCUT2D eigenvalue weighted by molar-refractivity contribution is 6.30. The van der Waals surface area contributed by atoms with Crippen LogP contribution in [0.25, 0.3) is 0 Å². The third kappa shape index (κ3) is 2.80. The molecule has 2 aromatic rings. The number of ketones is 2. The number of aliphatic hydroxyl groups excluding tert-OH is 1. The van der Waals surface area contributed by atoms with E-state index in [1.54, 1.807) is 12.1 Å². The first kappa shape index (κ1) is 19.1. The van der Waals surface area contributed by atoms with Crippen molar-refractivity contribution in [2.45, 2.75) is 31.5 Å². The summed E-state index contributed by atoms with van der Waals surface area (Å²) in [6, 6.07) is 6.04. The van der Waals surface area contributed by atoms with Crippen LogP contribution in [0.5, 0.6) is 11.5 Å². The van der Waals surface area contributed by atoms with Crippen LogP contribution in [0.1, 0.15) is 62.4 Å². The summed E-state index contributed by atoms with van der Waals surface area (Å²) >= 11 is 0. The second kappa shape index (κ2) is 6.40. The predicted molar refractivity (Wildman–Crippen MR) is 97.9 cm³/mol. The Morgan fingerprint density at radius 1 is 1.10 bits per heavy atom. The van der Waals surface area contributed by atoms with Crippen molar-refractivity contribution in [1.82, 2.24) is 0 Å². The molecular weight excluding hydrogens is 380 g/mol. The summed E-state index contributed by atoms with van der Waals surface area (Å²) in [4.78, 5) is 37.0. The van der Waals surface area contributed by atoms with Crippen LogP contribution >= 0.6 is 0 Å². The van der Waals surface area contributed by atoms with Gasteiger partial charge in [-0.15, -0.1) is 0 Å². The lowest BCUT2D eigenvalue weighted by atomic mass is 9.73. The Labute approximate surface area is 165 Å². The number of phenols is 2. The van der Waals surface area contributed by atoms with Crippen LogP contribution in [-0.2, 0) is 16.0 Å². The van der Waals surface area contributed by atoms with E-state index in [2.05, 4.69) is 0 Å². The van der Waals surface area contributed by atoms with Crippen LogP contribution in [0.3, 0.4) is 0 Å². The van der Waals surface area contributed by atoms with Gasteiger partial charge in [0.1, 0.15) is 23.7 Å². The topological polar surface area (TPSA) is 141 Å². The van der Waals surface area contributed by atoms with Crippen molar-refractivity contribution in [3.05, 3.63) is 57.6 Å². The second-order valence-corrected chi connectivity index (χ2v) is 7.44. The lowest BCUT2D eigenvalue weighted by Crippen LogP contribution is -2.43. The van der Waals surface area contributed by atoms with E-state index in [1.165, 1.54) is 12.1 Å². The van der Waals surface area contributed by atoms with E-state index in [0.29, 0.717) is 0 Å². The van der Waals surface area contributed by atoms with Crippen LogP contribution < -0.4 is 0 Å². The highest BCUT2D eigenvalue weighted by atomic mass is 16.5. The minimum absolute atomic E-state index is 0.0600. The molecule has 29 heavy (non-hydrogen) atoms. The molecule has 0 heterocycles. The lowest BCUT2D eigenvalue weighted by Gasteiger charge is -2.37. The van der Waals surface area contributed by atoms with Gasteiger partial charge in [0.15, 0.2) is 11.6 Å². The Morgan fingerprint density at radius 3 is 2.21 bits per heavy atom. The van der Waals surface area contributed by atoms with Crippen LogP contribution in [0, 0.1) is 0 Å². The zero-order valence-electron chi connectivity index (χ0n) is 15.4. The average molecular weight is 398 g/mol. The van der Waals surface area contributed by atoms with Crippen molar-refractivity contribution in [2.24, 2.45) is 0 Å². The zero-order chi connectivity index (χ0) is 21.1. The number of hydrogen-bond acceptors (Lipinski definition) is 8. The fourth-order valence-electron chi connectivity index (χ4n) is 4.13. The molecule has 2 atom stereocenters. The fraction of sp³-hybridized carbons (Fsp3) is 0.286. The molecule has 0 fully saturated rings. The maximum absolute atomic E-state index is 13.0. The van der Waals surface area contributed by atoms with Gasteiger partial charge in [-0.1, -0.05) is 24.3 Å². The van der Waals surface area contributed by atoms with Gasteiger partial charge in [-0.25, -0.2) is 0 Å². The number of aliphatic hydroxyl groups is 2. The minimum atomic E-state index is -1.71. The fourth-order valence-corrected chi connectivity index (χ4v) is 4.13. The summed E-state index contributed by atoms with van der Waals surface area (Å²) in [6.45, 7) is 0.726. The summed E-state index contributed by atoms with van der Waals surface area (Å²) in [6.07, 6.45) is -2.03. The predicted octanol–water partition coefficient (Wildman–Crippen LogP) is 1.15. The summed E-state index contributed by atoms with van der Waals surface area (Å²) in [5.41, 5.74) is -2.44. The monoisotopic (exact) mass is 398 g/mol. The minimum Gasteiger partial charge on any atom is -0.507 e. The SMILES string of the molecule is CC(=O)OCC1(O)Cc2c(O)c3c(c(O)c2C(O)C1)C(=O)c1ccccc1C3=O. The summed E-state index contributed by atoms with van der Waals surface area (Å²) in [5, 5.41) is 42.9. The normalized spacial score (nSPS) is 22.5. The first-order valence-electron chi connectivity index (χ1n) is 8.97. The van der Waals surface area contributed by atoms with Gasteiger partial charge >= 0.3 is 5.97 Å². The Bertz CT molecular complexity index is 1090. The first-order chi connectivity index (χ1) is 13.6. The molecule has 0 aliphatic heterocycles. The van der Waals surface area contributed by atoms with Crippen molar-refractivity contribution >= 4 is 17.5 Å². The number of aromatic hydroxyl groups is 2. The molecular formula is C21H18O8. The maximum Gasteiger partial charge on any atom is 0.302 e. The van der Waals surface area contributed by atoms with Crippen molar-refractivity contribution in [1.29, 1.82) is 0 Å². The van der Waals surface area contributed by atoms with Gasteiger partial charge in [-0.05, 0) is 0 Å². The Morgan fingerprint density at radius 2 is 1.66 bits per heavy atom. The number of benzene rings is 2. The quantitative estimate of drug-likeness (QED) is 0.372. The van der Waals surface area contributed by atoms with E-state index in [-0.39, 0.29) is 46.2 Å². The highest BCUT2D eigenvalue weighted by Crippen LogP contribution is 2.50. The molecule has 2 aliphatic rings. The molecule has 2 aromatic carbocycles. The van der Waals surface area contributed by atoms with Crippen molar-refractivity contribution in [3.8, 4) is 11.5 Å². The van der Waals surface area contributed by atoms with E-state index in [1.807, 2.05) is 0 Å². The van der Waals surface area contributed by atoms with Crippen molar-refractivity contribution < 1.29 is 39.5 Å². The summed E-state index contributed by atoms with van der Waals surface area (Å²) < 4.78 is 4.85. The Hall–Kier alpha value is -3.23. The van der Waals surface area contributed by atoms with E-state index in [0.717, 1.165) is 6.92 Å². The molecule has 0 spiro atoms. The first-order valence-corrected chi connectivity index (χ1v) is 8.97. The third-order valence-electron chi connectivity index (χ3n) is 5.42. The number of phenolic OH excluding ortho intramolecular Hbond substituents is 2. The molecule has 0 aromatic heterocycles. The van der Waals surface area contributed by atoms with Gasteiger partial charge in [0.2, 0.25) is 0 Å². The van der Waals surface area contributed by atoms with Gasteiger partial charge in [0, 0.05) is 42.0 Å². The Kier molecular flexibility index (Phi) is 4.21. The van der Waals surface area contributed by atoms with Gasteiger partial charge in [0.05, 0.1) is 17.2 Å². The second-order valence-electron chi connectivity index (χ2n) is 7.44. The van der Waals surface area contributed by atoms with Gasteiger partial charge in [0.25, 0.3) is 0 Å². The van der Waals surface area contributed by atoms with Gasteiger partial charge < -0.3 is 25.2 Å². The van der Waals surface area contributed by atoms with Crippen molar-refractivity contribution in [3.63, 3.8) is 0 Å². The molecule has 8 nitrogen and oxygen atoms in total. The van der Waals surface area contributed by atoms with Crippen LogP contribution in [0.2, 0.25) is 0 Å². The van der Waals surface area contributed by atoms with Crippen LogP contribution in [0.15, 0.2) is 24.3 Å². The number of fused-ring (bicyclic) bond motifs is 3. The third-order valence-corrected chi connectivity index (χ3v) is 5.42. The number of hydrogen-bond donors (Lipinski definition) is 4. The van der Waals surface area contributed by atoms with E-state index in [4.69, 9.17) is 4.74 Å². The Balaban J connectivity index is 1.91. The number of carbonyl (C=O) groups excluding carboxylic acids is 3. The highest BCUT2D eigenvalue weighted by Gasteiger charge is 2.45. The molecule has 0 saturated carbocycles. The molecule has 8 heteroatoms. The van der Waals surface area contributed by atoms with Crippen LogP contribution in [0.4, 0.5) is 0 Å². The largest absolute Gasteiger partial charge is 0.507 e. The molecule has 4 N–H and O–H groups in total. The van der Waals surface area contributed by atoms with E-state index < -0.39 is 47.3 Å². The molecule has 0 saturated heterocycles. The molecule has 0 radical (unpaired) electrons. The summed E-state index contributed by atoms with van der Waals surface area (Å²) in [5.74, 6) is -3.09. The number of ether oxygens (including phenoxy) is 1. The average Bonchev–Trinajstić information content (AvgIpc) is 2.67. The zero-order valence-corrected chi connectivity index (χ0v) is 15.4. The lowest BCUT2D eigenvalue weighted by molar-refractivity contribution is -0.151.